The Balaban J connectivity index is 2.23. The first-order valence-electron chi connectivity index (χ1n) is 6.61. The Morgan fingerprint density at radius 1 is 1.25 bits per heavy atom. The van der Waals surface area contributed by atoms with Crippen molar-refractivity contribution in [3.05, 3.63) is 22.4 Å². The van der Waals surface area contributed by atoms with Crippen molar-refractivity contribution in [2.45, 2.75) is 43.5 Å². The van der Waals surface area contributed by atoms with Gasteiger partial charge in [-0.1, -0.05) is 30.1 Å². The minimum Gasteiger partial charge on any atom is -0.242 e. The second kappa shape index (κ2) is 6.18. The SMILES string of the molecule is CC1CCC(N(C)S(=O)(=O)c2cnc(Cl)c(Cl)c2)CC1. The average Bonchev–Trinajstić information content (AvgIpc) is 2.41. The van der Waals surface area contributed by atoms with Crippen molar-refractivity contribution in [1.82, 2.24) is 9.29 Å². The molecular formula is C13H18Cl2N2O2S. The van der Waals surface area contributed by atoms with E-state index in [-0.39, 0.29) is 21.1 Å². The minimum atomic E-state index is -3.57. The lowest BCUT2D eigenvalue weighted by Crippen LogP contribution is -2.39. The van der Waals surface area contributed by atoms with Gasteiger partial charge in [-0.2, -0.15) is 4.31 Å². The summed E-state index contributed by atoms with van der Waals surface area (Å²) >= 11 is 11.6. The van der Waals surface area contributed by atoms with Gasteiger partial charge in [0.05, 0.1) is 5.02 Å². The molecule has 0 atom stereocenters. The van der Waals surface area contributed by atoms with Crippen LogP contribution in [0.4, 0.5) is 0 Å². The second-order valence-corrected chi connectivity index (χ2v) is 8.14. The van der Waals surface area contributed by atoms with Gasteiger partial charge in [-0.3, -0.25) is 0 Å². The molecule has 0 unspecified atom stereocenters. The summed E-state index contributed by atoms with van der Waals surface area (Å²) in [5, 5.41) is 0.262. The molecule has 1 aromatic rings. The Hall–Kier alpha value is -0.360. The van der Waals surface area contributed by atoms with E-state index in [0.717, 1.165) is 25.7 Å². The van der Waals surface area contributed by atoms with E-state index in [2.05, 4.69) is 11.9 Å². The molecule has 112 valence electrons. The summed E-state index contributed by atoms with van der Waals surface area (Å²) in [6.45, 7) is 2.20. The summed E-state index contributed by atoms with van der Waals surface area (Å²) in [7, 11) is -1.94. The highest BCUT2D eigenvalue weighted by Gasteiger charge is 2.31. The monoisotopic (exact) mass is 336 g/mol. The van der Waals surface area contributed by atoms with Crippen molar-refractivity contribution in [2.75, 3.05) is 7.05 Å². The molecule has 7 heteroatoms. The molecule has 0 amide bonds. The van der Waals surface area contributed by atoms with Crippen molar-refractivity contribution < 1.29 is 8.42 Å². The molecule has 2 rings (SSSR count). The molecule has 20 heavy (non-hydrogen) atoms. The smallest absolute Gasteiger partial charge is 0.242 e. The Bertz CT molecular complexity index is 584. The van der Waals surface area contributed by atoms with Gasteiger partial charge in [0.1, 0.15) is 10.0 Å². The fourth-order valence-electron chi connectivity index (χ4n) is 2.51. The van der Waals surface area contributed by atoms with Gasteiger partial charge in [-0.25, -0.2) is 13.4 Å². The fraction of sp³-hybridized carbons (Fsp3) is 0.615. The highest BCUT2D eigenvalue weighted by molar-refractivity contribution is 7.89. The standard InChI is InChI=1S/C13H18Cl2N2O2S/c1-9-3-5-10(6-4-9)17(2)20(18,19)11-7-12(14)13(15)16-8-11/h7-10H,3-6H2,1-2H3. The summed E-state index contributed by atoms with van der Waals surface area (Å²) in [6, 6.07) is 1.40. The Morgan fingerprint density at radius 3 is 2.40 bits per heavy atom. The van der Waals surface area contributed by atoms with Crippen LogP contribution in [0, 0.1) is 5.92 Å². The predicted octanol–water partition coefficient (Wildman–Crippen LogP) is 3.59. The highest BCUT2D eigenvalue weighted by Crippen LogP contribution is 2.30. The van der Waals surface area contributed by atoms with Gasteiger partial charge in [-0.15, -0.1) is 0 Å². The van der Waals surface area contributed by atoms with Gasteiger partial charge in [0, 0.05) is 19.3 Å². The number of hydrogen-bond acceptors (Lipinski definition) is 3. The van der Waals surface area contributed by atoms with Gasteiger partial charge < -0.3 is 0 Å². The summed E-state index contributed by atoms with van der Waals surface area (Å²) in [4.78, 5) is 3.90. The molecule has 1 aromatic heterocycles. The Kier molecular flexibility index (Phi) is 4.95. The van der Waals surface area contributed by atoms with Gasteiger partial charge in [0.25, 0.3) is 0 Å². The second-order valence-electron chi connectivity index (χ2n) is 5.38. The van der Waals surface area contributed by atoms with Crippen molar-refractivity contribution in [3.63, 3.8) is 0 Å². The van der Waals surface area contributed by atoms with E-state index in [4.69, 9.17) is 23.2 Å². The van der Waals surface area contributed by atoms with Crippen LogP contribution in [0.2, 0.25) is 10.2 Å². The third kappa shape index (κ3) is 3.27. The maximum atomic E-state index is 12.6. The number of pyridine rings is 1. The van der Waals surface area contributed by atoms with E-state index >= 15 is 0 Å². The Morgan fingerprint density at radius 2 is 1.85 bits per heavy atom. The van der Waals surface area contributed by atoms with Gasteiger partial charge in [0.15, 0.2) is 0 Å². The molecule has 0 N–H and O–H groups in total. The zero-order valence-corrected chi connectivity index (χ0v) is 13.8. The number of hydrogen-bond donors (Lipinski definition) is 0. The minimum absolute atomic E-state index is 0.0469. The molecule has 0 saturated heterocycles. The maximum absolute atomic E-state index is 12.6. The lowest BCUT2D eigenvalue weighted by molar-refractivity contribution is 0.246. The van der Waals surface area contributed by atoms with Crippen LogP contribution in [0.25, 0.3) is 0 Å². The number of nitrogens with zero attached hydrogens (tertiary/aromatic N) is 2. The molecular weight excluding hydrogens is 319 g/mol. The number of aromatic nitrogens is 1. The van der Waals surface area contributed by atoms with Gasteiger partial charge in [-0.05, 0) is 37.7 Å². The van der Waals surface area contributed by atoms with Crippen molar-refractivity contribution in [1.29, 1.82) is 0 Å². The molecule has 0 radical (unpaired) electrons. The lowest BCUT2D eigenvalue weighted by Gasteiger charge is -2.32. The topological polar surface area (TPSA) is 50.3 Å². The third-order valence-corrected chi connectivity index (χ3v) is 6.51. The average molecular weight is 337 g/mol. The molecule has 0 spiro atoms. The largest absolute Gasteiger partial charge is 0.244 e. The van der Waals surface area contributed by atoms with E-state index < -0.39 is 10.0 Å². The first-order chi connectivity index (χ1) is 9.32. The summed E-state index contributed by atoms with van der Waals surface area (Å²) in [5.41, 5.74) is 0. The molecule has 1 saturated carbocycles. The van der Waals surface area contributed by atoms with Crippen LogP contribution >= 0.6 is 23.2 Å². The molecule has 4 nitrogen and oxygen atoms in total. The zero-order valence-electron chi connectivity index (χ0n) is 11.5. The summed E-state index contributed by atoms with van der Waals surface area (Å²) in [6.07, 6.45) is 5.16. The van der Waals surface area contributed by atoms with Crippen molar-refractivity contribution in [3.8, 4) is 0 Å². The number of sulfonamides is 1. The Labute approximate surface area is 130 Å². The zero-order chi connectivity index (χ0) is 14.9. The van der Waals surface area contributed by atoms with Gasteiger partial charge >= 0.3 is 0 Å². The molecule has 0 aliphatic heterocycles. The lowest BCUT2D eigenvalue weighted by atomic mass is 9.87. The highest BCUT2D eigenvalue weighted by atomic mass is 35.5. The summed E-state index contributed by atoms with van der Waals surface area (Å²) in [5.74, 6) is 0.675. The van der Waals surface area contributed by atoms with Crippen LogP contribution in [-0.2, 0) is 10.0 Å². The van der Waals surface area contributed by atoms with Crippen LogP contribution in [0.3, 0.4) is 0 Å². The van der Waals surface area contributed by atoms with Gasteiger partial charge in [0.2, 0.25) is 10.0 Å². The van der Waals surface area contributed by atoms with Crippen LogP contribution < -0.4 is 0 Å². The fourth-order valence-corrected chi connectivity index (χ4v) is 4.24. The summed E-state index contributed by atoms with van der Waals surface area (Å²) < 4.78 is 26.6. The first kappa shape index (κ1) is 16.0. The first-order valence-corrected chi connectivity index (χ1v) is 8.81. The molecule has 1 aliphatic carbocycles. The number of rotatable bonds is 3. The van der Waals surface area contributed by atoms with Crippen LogP contribution in [-0.4, -0.2) is 30.8 Å². The molecule has 0 aromatic carbocycles. The molecule has 1 aliphatic rings. The maximum Gasteiger partial charge on any atom is 0.244 e. The predicted molar refractivity (Wildman–Crippen MR) is 80.6 cm³/mol. The molecule has 1 fully saturated rings. The van der Waals surface area contributed by atoms with E-state index in [9.17, 15) is 8.42 Å². The molecule has 0 bridgehead atoms. The van der Waals surface area contributed by atoms with Crippen LogP contribution in [0.5, 0.6) is 0 Å². The number of halogens is 2. The van der Waals surface area contributed by atoms with Crippen LogP contribution in [0.1, 0.15) is 32.6 Å². The molecule has 1 heterocycles. The van der Waals surface area contributed by atoms with E-state index in [1.54, 1.807) is 7.05 Å². The van der Waals surface area contributed by atoms with Crippen LogP contribution in [0.15, 0.2) is 17.2 Å². The quantitative estimate of drug-likeness (QED) is 0.792. The normalized spacial score (nSPS) is 24.1. The van der Waals surface area contributed by atoms with Crippen molar-refractivity contribution >= 4 is 33.2 Å². The third-order valence-electron chi connectivity index (χ3n) is 3.95. The van der Waals surface area contributed by atoms with E-state index in [1.807, 2.05) is 0 Å². The van der Waals surface area contributed by atoms with E-state index in [1.165, 1.54) is 16.6 Å². The van der Waals surface area contributed by atoms with Crippen molar-refractivity contribution in [2.24, 2.45) is 5.92 Å². The van der Waals surface area contributed by atoms with E-state index in [0.29, 0.717) is 5.92 Å².